The molecule has 1 saturated heterocycles. The first-order valence-electron chi connectivity index (χ1n) is 7.14. The molecule has 3 rings (SSSR count). The molecule has 0 spiro atoms. The van der Waals surface area contributed by atoms with Crippen molar-refractivity contribution in [1.29, 1.82) is 0 Å². The number of hydrogen-bond donors (Lipinski definition) is 0. The number of rotatable bonds is 3. The number of anilines is 1. The Bertz CT molecular complexity index is 556. The van der Waals surface area contributed by atoms with Crippen LogP contribution in [0.1, 0.15) is 12.5 Å². The fourth-order valence-electron chi connectivity index (χ4n) is 2.42. The molecule has 1 aromatic heterocycles. The van der Waals surface area contributed by atoms with E-state index in [1.54, 1.807) is 0 Å². The molecule has 0 amide bonds. The average molecular weight is 288 g/mol. The van der Waals surface area contributed by atoms with E-state index in [1.165, 1.54) is 17.1 Å². The number of benzene rings is 1. The molecule has 0 radical (unpaired) electrons. The minimum Gasteiger partial charge on any atom is -0.344 e. The molecule has 0 atom stereocenters. The molecule has 4 nitrogen and oxygen atoms in total. The maximum absolute atomic E-state index is 4.70. The second-order valence-corrected chi connectivity index (χ2v) is 5.92. The number of piperazine rings is 1. The van der Waals surface area contributed by atoms with Crippen LogP contribution < -0.4 is 4.90 Å². The van der Waals surface area contributed by atoms with Gasteiger partial charge in [-0.1, -0.05) is 36.8 Å². The lowest BCUT2D eigenvalue weighted by molar-refractivity contribution is 0.271. The normalized spacial score (nSPS) is 16.6. The minimum atomic E-state index is 0.850. The zero-order chi connectivity index (χ0) is 13.9. The molecule has 0 bridgehead atoms. The van der Waals surface area contributed by atoms with Gasteiger partial charge in [0, 0.05) is 43.3 Å². The molecule has 0 aliphatic carbocycles. The third-order valence-electron chi connectivity index (χ3n) is 3.82. The first-order chi connectivity index (χ1) is 9.76. The summed E-state index contributed by atoms with van der Waals surface area (Å²) in [6, 6.07) is 8.40. The van der Waals surface area contributed by atoms with E-state index in [0.29, 0.717) is 0 Å². The maximum atomic E-state index is 4.70. The molecular weight excluding hydrogens is 268 g/mol. The summed E-state index contributed by atoms with van der Waals surface area (Å²) in [7, 11) is 0. The summed E-state index contributed by atoms with van der Waals surface area (Å²) in [4.78, 5) is 9.52. The summed E-state index contributed by atoms with van der Waals surface area (Å²) < 4.78 is 4.51. The molecule has 0 N–H and O–H groups in total. The van der Waals surface area contributed by atoms with Gasteiger partial charge in [0.05, 0.1) is 0 Å². The number of aryl methyl sites for hydroxylation is 1. The Kier molecular flexibility index (Phi) is 3.98. The molecule has 5 heteroatoms. The number of aromatic nitrogens is 2. The summed E-state index contributed by atoms with van der Waals surface area (Å²) >= 11 is 1.51. The molecule has 0 unspecified atom stereocenters. The van der Waals surface area contributed by atoms with Crippen LogP contribution in [0.3, 0.4) is 0 Å². The molecule has 20 heavy (non-hydrogen) atoms. The van der Waals surface area contributed by atoms with Crippen LogP contribution in [0.25, 0.3) is 11.4 Å². The van der Waals surface area contributed by atoms with Gasteiger partial charge in [0.15, 0.2) is 5.82 Å². The largest absolute Gasteiger partial charge is 0.344 e. The van der Waals surface area contributed by atoms with E-state index < -0.39 is 0 Å². The highest BCUT2D eigenvalue weighted by Crippen LogP contribution is 2.24. The summed E-state index contributed by atoms with van der Waals surface area (Å²) in [6.45, 7) is 9.80. The fraction of sp³-hybridized carbons (Fsp3) is 0.467. The summed E-state index contributed by atoms with van der Waals surface area (Å²) in [5.41, 5.74) is 2.37. The van der Waals surface area contributed by atoms with Crippen molar-refractivity contribution in [2.24, 2.45) is 0 Å². The summed E-state index contributed by atoms with van der Waals surface area (Å²) in [5.74, 6) is 0.850. The predicted octanol–water partition coefficient (Wildman–Crippen LogP) is 2.66. The van der Waals surface area contributed by atoms with Gasteiger partial charge < -0.3 is 9.80 Å². The highest BCUT2D eigenvalue weighted by Gasteiger charge is 2.19. The van der Waals surface area contributed by atoms with Gasteiger partial charge in [-0.05, 0) is 13.5 Å². The van der Waals surface area contributed by atoms with E-state index in [9.17, 15) is 0 Å². The van der Waals surface area contributed by atoms with Crippen LogP contribution in [-0.4, -0.2) is 47.0 Å². The van der Waals surface area contributed by atoms with Crippen molar-refractivity contribution in [1.82, 2.24) is 14.3 Å². The van der Waals surface area contributed by atoms with Crippen LogP contribution in [0.15, 0.2) is 24.3 Å². The highest BCUT2D eigenvalue weighted by atomic mass is 32.1. The van der Waals surface area contributed by atoms with Crippen LogP contribution in [0.2, 0.25) is 0 Å². The van der Waals surface area contributed by atoms with Crippen molar-refractivity contribution in [3.63, 3.8) is 0 Å². The van der Waals surface area contributed by atoms with E-state index in [1.807, 2.05) is 0 Å². The smallest absolute Gasteiger partial charge is 0.205 e. The van der Waals surface area contributed by atoms with Crippen LogP contribution in [0, 0.1) is 6.92 Å². The van der Waals surface area contributed by atoms with Crippen LogP contribution >= 0.6 is 11.5 Å². The second-order valence-electron chi connectivity index (χ2n) is 5.19. The van der Waals surface area contributed by atoms with Crippen molar-refractivity contribution in [2.45, 2.75) is 13.8 Å². The number of likely N-dealkylation sites (N-methyl/N-ethyl adjacent to an activating group) is 1. The van der Waals surface area contributed by atoms with Gasteiger partial charge in [0.1, 0.15) is 0 Å². The van der Waals surface area contributed by atoms with Gasteiger partial charge in [-0.3, -0.25) is 0 Å². The lowest BCUT2D eigenvalue weighted by atomic mass is 10.1. The fourth-order valence-corrected chi connectivity index (χ4v) is 3.16. The Morgan fingerprint density at radius 1 is 1.10 bits per heavy atom. The summed E-state index contributed by atoms with van der Waals surface area (Å²) in [6.07, 6.45) is 0. The van der Waals surface area contributed by atoms with E-state index >= 15 is 0 Å². The zero-order valence-electron chi connectivity index (χ0n) is 12.0. The Morgan fingerprint density at radius 2 is 1.80 bits per heavy atom. The van der Waals surface area contributed by atoms with Gasteiger partial charge >= 0.3 is 0 Å². The van der Waals surface area contributed by atoms with Crippen molar-refractivity contribution < 1.29 is 0 Å². The molecule has 1 aliphatic rings. The Hall–Kier alpha value is -1.46. The topological polar surface area (TPSA) is 32.3 Å². The number of nitrogens with zero attached hydrogens (tertiary/aromatic N) is 4. The number of hydrogen-bond acceptors (Lipinski definition) is 5. The standard InChI is InChI=1S/C15H20N4S/c1-3-18-8-10-19(11-9-18)15-16-14(17-20-15)13-6-4-12(2)5-7-13/h4-7H,3,8-11H2,1-2H3. The monoisotopic (exact) mass is 288 g/mol. The van der Waals surface area contributed by atoms with Crippen LogP contribution in [-0.2, 0) is 0 Å². The molecular formula is C15H20N4S. The molecule has 106 valence electrons. The maximum Gasteiger partial charge on any atom is 0.205 e. The molecule has 0 saturated carbocycles. The van der Waals surface area contributed by atoms with E-state index in [0.717, 1.165) is 49.2 Å². The van der Waals surface area contributed by atoms with Crippen molar-refractivity contribution >= 4 is 16.7 Å². The van der Waals surface area contributed by atoms with E-state index in [4.69, 9.17) is 4.98 Å². The quantitative estimate of drug-likeness (QED) is 0.869. The lowest BCUT2D eigenvalue weighted by Gasteiger charge is -2.33. The first kappa shape index (κ1) is 13.5. The molecule has 2 heterocycles. The van der Waals surface area contributed by atoms with Gasteiger partial charge in [0.2, 0.25) is 5.13 Å². The average Bonchev–Trinajstić information content (AvgIpc) is 2.98. The van der Waals surface area contributed by atoms with Gasteiger partial charge in [-0.15, -0.1) is 0 Å². The van der Waals surface area contributed by atoms with Gasteiger partial charge in [0.25, 0.3) is 0 Å². The Morgan fingerprint density at radius 3 is 2.45 bits per heavy atom. The second kappa shape index (κ2) is 5.89. The van der Waals surface area contributed by atoms with Crippen LogP contribution in [0.4, 0.5) is 5.13 Å². The Labute approximate surface area is 124 Å². The molecule has 1 aliphatic heterocycles. The van der Waals surface area contributed by atoms with E-state index in [-0.39, 0.29) is 0 Å². The lowest BCUT2D eigenvalue weighted by Crippen LogP contribution is -2.46. The molecule has 1 aromatic carbocycles. The first-order valence-corrected chi connectivity index (χ1v) is 7.91. The SMILES string of the molecule is CCN1CCN(c2nc(-c3ccc(C)cc3)ns2)CC1. The van der Waals surface area contributed by atoms with Gasteiger partial charge in [-0.2, -0.15) is 9.36 Å². The summed E-state index contributed by atoms with van der Waals surface area (Å²) in [5, 5.41) is 1.05. The van der Waals surface area contributed by atoms with Gasteiger partial charge in [-0.25, -0.2) is 0 Å². The third-order valence-corrected chi connectivity index (χ3v) is 4.59. The van der Waals surface area contributed by atoms with Crippen LogP contribution in [0.5, 0.6) is 0 Å². The van der Waals surface area contributed by atoms with Crippen molar-refractivity contribution in [3.05, 3.63) is 29.8 Å². The molecule has 1 fully saturated rings. The minimum absolute atomic E-state index is 0.850. The Balaban J connectivity index is 1.72. The molecule has 2 aromatic rings. The van der Waals surface area contributed by atoms with Crippen molar-refractivity contribution in [3.8, 4) is 11.4 Å². The third kappa shape index (κ3) is 2.83. The zero-order valence-corrected chi connectivity index (χ0v) is 12.9. The van der Waals surface area contributed by atoms with E-state index in [2.05, 4.69) is 52.3 Å². The predicted molar refractivity (Wildman–Crippen MR) is 84.4 cm³/mol. The highest BCUT2D eigenvalue weighted by molar-refractivity contribution is 7.09. The van der Waals surface area contributed by atoms with Crippen molar-refractivity contribution in [2.75, 3.05) is 37.6 Å².